The summed E-state index contributed by atoms with van der Waals surface area (Å²) < 4.78 is 10.9. The lowest BCUT2D eigenvalue weighted by Gasteiger charge is -2.20. The number of anilines is 2. The largest absolute Gasteiger partial charge is 0.495 e. The van der Waals surface area contributed by atoms with Crippen LogP contribution in [-0.2, 0) is 29.0 Å². The third-order valence-electron chi connectivity index (χ3n) is 4.92. The number of methoxy groups -OCH3 is 1. The number of thiazole rings is 1. The van der Waals surface area contributed by atoms with Gasteiger partial charge in [-0.15, -0.1) is 22.7 Å². The molecule has 1 aromatic carbocycles. The summed E-state index contributed by atoms with van der Waals surface area (Å²) in [5.74, 6) is 0.0798. The van der Waals surface area contributed by atoms with Crippen molar-refractivity contribution < 1.29 is 19.1 Å². The van der Waals surface area contributed by atoms with Crippen LogP contribution in [0.5, 0.6) is 5.75 Å². The number of aryl methyl sites for hydroxylation is 2. The van der Waals surface area contributed by atoms with Crippen LogP contribution in [0.15, 0.2) is 35.7 Å². The van der Waals surface area contributed by atoms with Gasteiger partial charge in [0, 0.05) is 17.2 Å². The second-order valence-corrected chi connectivity index (χ2v) is 8.96. The minimum atomic E-state index is -0.322. The number of carbonyl (C=O) groups excluding carboxylic acids is 2. The van der Waals surface area contributed by atoms with E-state index >= 15 is 0 Å². The molecule has 3 aromatic rings. The van der Waals surface area contributed by atoms with Crippen LogP contribution in [-0.4, -0.2) is 24.0 Å². The fourth-order valence-electron chi connectivity index (χ4n) is 3.49. The average Bonchev–Trinajstić information content (AvgIpc) is 3.39. The van der Waals surface area contributed by atoms with E-state index in [1.165, 1.54) is 57.8 Å². The second-order valence-electron chi connectivity index (χ2n) is 6.99. The first-order valence-electron chi connectivity index (χ1n) is 9.73. The predicted octanol–water partition coefficient (Wildman–Crippen LogP) is 5.13. The van der Waals surface area contributed by atoms with Crippen molar-refractivity contribution in [3.8, 4) is 5.75 Å². The molecule has 0 fully saturated rings. The van der Waals surface area contributed by atoms with Crippen LogP contribution < -0.4 is 9.64 Å². The van der Waals surface area contributed by atoms with Crippen molar-refractivity contribution in [3.63, 3.8) is 0 Å². The zero-order valence-electron chi connectivity index (χ0n) is 16.8. The highest BCUT2D eigenvalue weighted by Gasteiger charge is 2.22. The number of fused-ring (bicyclic) bond motifs is 1. The normalized spacial score (nSPS) is 12.9. The summed E-state index contributed by atoms with van der Waals surface area (Å²) in [7, 11) is 1.56. The Hall–Kier alpha value is -2.71. The summed E-state index contributed by atoms with van der Waals surface area (Å²) >= 11 is 2.85. The number of ether oxygens (including phenoxy) is 2. The zero-order chi connectivity index (χ0) is 21.1. The molecule has 1 aliphatic rings. The van der Waals surface area contributed by atoms with E-state index in [0.29, 0.717) is 27.1 Å². The minimum absolute atomic E-state index is 0.0650. The van der Waals surface area contributed by atoms with Crippen LogP contribution in [0.1, 0.15) is 45.6 Å². The molecule has 0 radical (unpaired) electrons. The van der Waals surface area contributed by atoms with Crippen molar-refractivity contribution in [2.45, 2.75) is 39.2 Å². The molecule has 1 aliphatic carbocycles. The van der Waals surface area contributed by atoms with E-state index in [-0.39, 0.29) is 18.5 Å². The molecule has 1 amide bonds. The highest BCUT2D eigenvalue weighted by atomic mass is 32.1. The summed E-state index contributed by atoms with van der Waals surface area (Å²) in [6.45, 7) is 1.54. The lowest BCUT2D eigenvalue weighted by Crippen LogP contribution is -2.23. The highest BCUT2D eigenvalue weighted by molar-refractivity contribution is 7.14. The van der Waals surface area contributed by atoms with Gasteiger partial charge in [0.15, 0.2) is 5.13 Å². The number of rotatable bonds is 6. The van der Waals surface area contributed by atoms with E-state index in [9.17, 15) is 9.59 Å². The number of thiophene rings is 1. The van der Waals surface area contributed by atoms with E-state index in [2.05, 4.69) is 4.98 Å². The number of aromatic nitrogens is 1. The van der Waals surface area contributed by atoms with E-state index in [1.54, 1.807) is 24.6 Å². The maximum Gasteiger partial charge on any atom is 0.348 e. The van der Waals surface area contributed by atoms with Crippen LogP contribution in [0.3, 0.4) is 0 Å². The van der Waals surface area contributed by atoms with E-state index < -0.39 is 0 Å². The van der Waals surface area contributed by atoms with Gasteiger partial charge in [-0.1, -0.05) is 12.1 Å². The molecule has 0 saturated carbocycles. The molecule has 30 heavy (non-hydrogen) atoms. The predicted molar refractivity (Wildman–Crippen MR) is 118 cm³/mol. The Labute approximate surface area is 183 Å². The number of nitrogens with zero attached hydrogens (tertiary/aromatic N) is 2. The van der Waals surface area contributed by atoms with Crippen molar-refractivity contribution in [3.05, 3.63) is 56.7 Å². The Morgan fingerprint density at radius 2 is 2.00 bits per heavy atom. The van der Waals surface area contributed by atoms with Gasteiger partial charge >= 0.3 is 5.97 Å². The van der Waals surface area contributed by atoms with E-state index in [1.807, 2.05) is 18.2 Å². The Kier molecular flexibility index (Phi) is 6.15. The van der Waals surface area contributed by atoms with E-state index in [0.717, 1.165) is 12.8 Å². The van der Waals surface area contributed by atoms with Gasteiger partial charge < -0.3 is 9.47 Å². The lowest BCUT2D eigenvalue weighted by atomic mass is 9.99. The molecule has 2 heterocycles. The SMILES string of the molecule is COc1ccccc1N(C(C)=O)c1nc(COC(=O)c2cc3c(s2)CCCC3)cs1. The molecular weight excluding hydrogens is 420 g/mol. The van der Waals surface area contributed by atoms with Crippen molar-refractivity contribution in [1.29, 1.82) is 0 Å². The minimum Gasteiger partial charge on any atom is -0.495 e. The summed E-state index contributed by atoms with van der Waals surface area (Å²) in [6.07, 6.45) is 4.45. The molecular formula is C22H22N2O4S2. The molecule has 0 bridgehead atoms. The maximum absolute atomic E-state index is 12.5. The molecule has 2 aromatic heterocycles. The first kappa shape index (κ1) is 20.6. The van der Waals surface area contributed by atoms with Crippen molar-refractivity contribution in [1.82, 2.24) is 4.98 Å². The van der Waals surface area contributed by atoms with Crippen molar-refractivity contribution in [2.75, 3.05) is 12.0 Å². The average molecular weight is 443 g/mol. The zero-order valence-corrected chi connectivity index (χ0v) is 18.5. The monoisotopic (exact) mass is 442 g/mol. The first-order valence-corrected chi connectivity index (χ1v) is 11.4. The molecule has 6 nitrogen and oxygen atoms in total. The Balaban J connectivity index is 1.47. The van der Waals surface area contributed by atoms with E-state index in [4.69, 9.17) is 9.47 Å². The number of esters is 1. The second kappa shape index (κ2) is 8.97. The number of hydrogen-bond donors (Lipinski definition) is 0. The molecule has 0 spiro atoms. The van der Waals surface area contributed by atoms with Crippen LogP contribution in [0, 0.1) is 0 Å². The maximum atomic E-state index is 12.5. The lowest BCUT2D eigenvalue weighted by molar-refractivity contribution is -0.115. The fourth-order valence-corrected chi connectivity index (χ4v) is 5.50. The third kappa shape index (κ3) is 4.24. The van der Waals surface area contributed by atoms with Crippen molar-refractivity contribution >= 4 is 45.4 Å². The highest BCUT2D eigenvalue weighted by Crippen LogP contribution is 2.35. The van der Waals surface area contributed by atoms with Gasteiger partial charge in [0.25, 0.3) is 0 Å². The molecule has 8 heteroatoms. The Morgan fingerprint density at radius 1 is 1.20 bits per heavy atom. The summed E-state index contributed by atoms with van der Waals surface area (Å²) in [5, 5.41) is 2.30. The molecule has 156 valence electrons. The van der Waals surface area contributed by atoms with Gasteiger partial charge in [0.1, 0.15) is 17.2 Å². The smallest absolute Gasteiger partial charge is 0.348 e. The summed E-state index contributed by atoms with van der Waals surface area (Å²) in [5.41, 5.74) is 2.50. The quantitative estimate of drug-likeness (QED) is 0.495. The Morgan fingerprint density at radius 3 is 2.77 bits per heavy atom. The number of carbonyl (C=O) groups is 2. The number of amides is 1. The van der Waals surface area contributed by atoms with Gasteiger partial charge in [-0.3, -0.25) is 9.69 Å². The fraction of sp³-hybridized carbons (Fsp3) is 0.318. The molecule has 0 N–H and O–H groups in total. The van der Waals surface area contributed by atoms with Gasteiger partial charge in [0.2, 0.25) is 5.91 Å². The molecule has 0 atom stereocenters. The summed E-state index contributed by atoms with van der Waals surface area (Å²) in [4.78, 5) is 32.8. The van der Waals surface area contributed by atoms with Crippen molar-refractivity contribution in [2.24, 2.45) is 0 Å². The first-order chi connectivity index (χ1) is 14.6. The van der Waals surface area contributed by atoms with Gasteiger partial charge in [0.05, 0.1) is 18.5 Å². The van der Waals surface area contributed by atoms with Crippen LogP contribution in [0.2, 0.25) is 0 Å². The number of para-hydroxylation sites is 2. The Bertz CT molecular complexity index is 1050. The van der Waals surface area contributed by atoms with Crippen LogP contribution in [0.25, 0.3) is 0 Å². The molecule has 0 unspecified atom stereocenters. The van der Waals surface area contributed by atoms with Gasteiger partial charge in [-0.2, -0.15) is 0 Å². The van der Waals surface area contributed by atoms with Crippen LogP contribution in [0.4, 0.5) is 10.8 Å². The van der Waals surface area contributed by atoms with Gasteiger partial charge in [-0.05, 0) is 49.4 Å². The number of benzene rings is 1. The standard InChI is InChI=1S/C22H22N2O4S2/c1-14(25)24(17-8-4-5-9-18(17)27-2)22-23-16(13-29-22)12-28-21(26)20-11-15-7-3-6-10-19(15)30-20/h4-5,8-9,11,13H,3,6-7,10,12H2,1-2H3. The topological polar surface area (TPSA) is 68.7 Å². The third-order valence-corrected chi connectivity index (χ3v) is 7.01. The van der Waals surface area contributed by atoms with Crippen LogP contribution >= 0.6 is 22.7 Å². The molecule has 4 rings (SSSR count). The number of hydrogen-bond acceptors (Lipinski definition) is 7. The molecule has 0 saturated heterocycles. The molecule has 0 aliphatic heterocycles. The van der Waals surface area contributed by atoms with Gasteiger partial charge in [-0.25, -0.2) is 9.78 Å². The summed E-state index contributed by atoms with van der Waals surface area (Å²) in [6, 6.07) is 9.25.